The van der Waals surface area contributed by atoms with Crippen LogP contribution in [0, 0.1) is 5.82 Å². The van der Waals surface area contributed by atoms with Crippen molar-refractivity contribution in [2.24, 2.45) is 0 Å². The summed E-state index contributed by atoms with van der Waals surface area (Å²) in [6.07, 6.45) is 0.146. The van der Waals surface area contributed by atoms with Crippen molar-refractivity contribution in [1.29, 1.82) is 0 Å². The van der Waals surface area contributed by atoms with E-state index < -0.39 is 5.82 Å². The van der Waals surface area contributed by atoms with Crippen LogP contribution in [0.15, 0.2) is 42.5 Å². The maximum Gasteiger partial charge on any atom is 0.228 e. The number of hydrogen-bond acceptors (Lipinski definition) is 3. The summed E-state index contributed by atoms with van der Waals surface area (Å²) >= 11 is 0. The van der Waals surface area contributed by atoms with E-state index in [0.29, 0.717) is 11.4 Å². The molecule has 4 nitrogen and oxygen atoms in total. The molecule has 5 heteroatoms. The lowest BCUT2D eigenvalue weighted by Crippen LogP contribution is -2.15. The van der Waals surface area contributed by atoms with E-state index in [1.54, 1.807) is 18.2 Å². The minimum Gasteiger partial charge on any atom is -0.494 e. The second-order valence-electron chi connectivity index (χ2n) is 4.27. The number of para-hydroxylation sites is 1. The third-order valence-corrected chi connectivity index (χ3v) is 2.84. The lowest BCUT2D eigenvalue weighted by atomic mass is 10.1. The Morgan fingerprint density at radius 1 is 1.30 bits per heavy atom. The van der Waals surface area contributed by atoms with E-state index in [2.05, 4.69) is 5.32 Å². The highest BCUT2D eigenvalue weighted by Crippen LogP contribution is 2.25. The molecule has 2 aromatic rings. The van der Waals surface area contributed by atoms with E-state index in [1.165, 1.54) is 25.3 Å². The van der Waals surface area contributed by atoms with Gasteiger partial charge in [-0.2, -0.15) is 0 Å². The van der Waals surface area contributed by atoms with E-state index in [1.807, 2.05) is 6.07 Å². The Bertz CT molecular complexity index is 629. The molecule has 104 valence electrons. The van der Waals surface area contributed by atoms with Crippen molar-refractivity contribution in [1.82, 2.24) is 0 Å². The molecule has 0 unspecified atom stereocenters. The van der Waals surface area contributed by atoms with Gasteiger partial charge in [0.05, 0.1) is 19.2 Å². The highest BCUT2D eigenvalue weighted by Gasteiger charge is 2.10. The fourth-order valence-electron chi connectivity index (χ4n) is 1.83. The number of halogens is 1. The van der Waals surface area contributed by atoms with Gasteiger partial charge in [-0.3, -0.25) is 4.79 Å². The van der Waals surface area contributed by atoms with Crippen LogP contribution >= 0.6 is 0 Å². The molecule has 0 bridgehead atoms. The van der Waals surface area contributed by atoms with Crippen LogP contribution in [0.5, 0.6) is 5.75 Å². The molecule has 0 atom stereocenters. The monoisotopic (exact) mass is 274 g/mol. The summed E-state index contributed by atoms with van der Waals surface area (Å²) in [7, 11) is 1.42. The number of carbonyl (C=O) groups excluding carboxylic acids is 1. The van der Waals surface area contributed by atoms with Crippen LogP contribution in [0.3, 0.4) is 0 Å². The molecule has 3 N–H and O–H groups in total. The summed E-state index contributed by atoms with van der Waals surface area (Å²) in [5.41, 5.74) is 7.51. The molecular weight excluding hydrogens is 259 g/mol. The lowest BCUT2D eigenvalue weighted by molar-refractivity contribution is -0.115. The minimum atomic E-state index is -0.424. The van der Waals surface area contributed by atoms with Gasteiger partial charge in [0, 0.05) is 11.8 Å². The first-order chi connectivity index (χ1) is 9.60. The van der Waals surface area contributed by atoms with E-state index in [4.69, 9.17) is 10.5 Å². The van der Waals surface area contributed by atoms with Gasteiger partial charge in [0.1, 0.15) is 11.6 Å². The summed E-state index contributed by atoms with van der Waals surface area (Å²) in [5, 5.41) is 2.68. The van der Waals surface area contributed by atoms with Gasteiger partial charge in [0.15, 0.2) is 0 Å². The molecule has 2 aromatic carbocycles. The van der Waals surface area contributed by atoms with Crippen molar-refractivity contribution < 1.29 is 13.9 Å². The average molecular weight is 274 g/mol. The fourth-order valence-corrected chi connectivity index (χ4v) is 1.83. The summed E-state index contributed by atoms with van der Waals surface area (Å²) < 4.78 is 18.1. The summed E-state index contributed by atoms with van der Waals surface area (Å²) in [6.45, 7) is 0. The molecule has 0 aliphatic heterocycles. The van der Waals surface area contributed by atoms with Crippen molar-refractivity contribution in [3.63, 3.8) is 0 Å². The van der Waals surface area contributed by atoms with Gasteiger partial charge in [-0.05, 0) is 23.8 Å². The summed E-state index contributed by atoms with van der Waals surface area (Å²) in [6, 6.07) is 11.1. The Morgan fingerprint density at radius 2 is 2.05 bits per heavy atom. The Morgan fingerprint density at radius 3 is 2.75 bits per heavy atom. The molecule has 0 saturated heterocycles. The summed E-state index contributed by atoms with van der Waals surface area (Å²) in [5.74, 6) is -0.389. The van der Waals surface area contributed by atoms with Crippen LogP contribution in [-0.4, -0.2) is 13.0 Å². The third kappa shape index (κ3) is 3.26. The Balaban J connectivity index is 2.11. The molecule has 20 heavy (non-hydrogen) atoms. The average Bonchev–Trinajstić information content (AvgIpc) is 2.43. The lowest BCUT2D eigenvalue weighted by Gasteiger charge is -2.11. The molecule has 0 aliphatic carbocycles. The van der Waals surface area contributed by atoms with Gasteiger partial charge in [-0.1, -0.05) is 18.2 Å². The summed E-state index contributed by atoms with van der Waals surface area (Å²) in [4.78, 5) is 12.0. The van der Waals surface area contributed by atoms with Crippen LogP contribution in [0.25, 0.3) is 0 Å². The topological polar surface area (TPSA) is 64.3 Å². The van der Waals surface area contributed by atoms with E-state index in [-0.39, 0.29) is 18.1 Å². The SMILES string of the molecule is COc1cc(F)ccc1NC(=O)Cc1ccccc1N. The third-order valence-electron chi connectivity index (χ3n) is 2.84. The van der Waals surface area contributed by atoms with Gasteiger partial charge < -0.3 is 15.8 Å². The largest absolute Gasteiger partial charge is 0.494 e. The minimum absolute atomic E-state index is 0.146. The smallest absolute Gasteiger partial charge is 0.228 e. The molecule has 0 radical (unpaired) electrons. The molecule has 0 aromatic heterocycles. The van der Waals surface area contributed by atoms with Gasteiger partial charge in [-0.15, -0.1) is 0 Å². The number of rotatable bonds is 4. The number of anilines is 2. The number of nitrogens with one attached hydrogen (secondary N) is 1. The molecule has 0 spiro atoms. The van der Waals surface area contributed by atoms with E-state index >= 15 is 0 Å². The van der Waals surface area contributed by atoms with Crippen LogP contribution in [0.1, 0.15) is 5.56 Å². The molecule has 0 aliphatic rings. The zero-order valence-electron chi connectivity index (χ0n) is 11.0. The second kappa shape index (κ2) is 6.06. The first-order valence-corrected chi connectivity index (χ1v) is 6.07. The van der Waals surface area contributed by atoms with Crippen LogP contribution < -0.4 is 15.8 Å². The predicted octanol–water partition coefficient (Wildman–Crippen LogP) is 2.60. The first kappa shape index (κ1) is 13.9. The number of nitrogens with two attached hydrogens (primary N) is 1. The van der Waals surface area contributed by atoms with Crippen molar-refractivity contribution in [2.75, 3.05) is 18.2 Å². The number of hydrogen-bond donors (Lipinski definition) is 2. The molecule has 0 fully saturated rings. The molecule has 0 heterocycles. The van der Waals surface area contributed by atoms with Crippen molar-refractivity contribution in [3.8, 4) is 5.75 Å². The normalized spacial score (nSPS) is 10.1. The molecular formula is C15H15FN2O2. The van der Waals surface area contributed by atoms with E-state index in [0.717, 1.165) is 5.56 Å². The fraction of sp³-hybridized carbons (Fsp3) is 0.133. The van der Waals surface area contributed by atoms with Crippen molar-refractivity contribution >= 4 is 17.3 Å². The number of ether oxygens (including phenoxy) is 1. The molecule has 2 rings (SSSR count). The Labute approximate surface area is 116 Å². The molecule has 0 saturated carbocycles. The van der Waals surface area contributed by atoms with E-state index in [9.17, 15) is 9.18 Å². The second-order valence-corrected chi connectivity index (χ2v) is 4.27. The number of nitrogen functional groups attached to an aromatic ring is 1. The first-order valence-electron chi connectivity index (χ1n) is 6.07. The highest BCUT2D eigenvalue weighted by atomic mass is 19.1. The van der Waals surface area contributed by atoms with Crippen molar-refractivity contribution in [2.45, 2.75) is 6.42 Å². The quantitative estimate of drug-likeness (QED) is 0.842. The standard InChI is InChI=1S/C15H15FN2O2/c1-20-14-9-11(16)6-7-13(14)18-15(19)8-10-4-2-3-5-12(10)17/h2-7,9H,8,17H2,1H3,(H,18,19). The van der Waals surface area contributed by atoms with Crippen LogP contribution in [0.4, 0.5) is 15.8 Å². The van der Waals surface area contributed by atoms with Crippen molar-refractivity contribution in [3.05, 3.63) is 53.8 Å². The Kier molecular flexibility index (Phi) is 4.20. The van der Waals surface area contributed by atoms with Gasteiger partial charge in [0.2, 0.25) is 5.91 Å². The number of benzene rings is 2. The van der Waals surface area contributed by atoms with Crippen LogP contribution in [-0.2, 0) is 11.2 Å². The number of carbonyl (C=O) groups is 1. The zero-order chi connectivity index (χ0) is 14.5. The number of amides is 1. The molecule has 1 amide bonds. The zero-order valence-corrected chi connectivity index (χ0v) is 11.0. The number of methoxy groups -OCH3 is 1. The maximum atomic E-state index is 13.1. The predicted molar refractivity (Wildman–Crippen MR) is 76.1 cm³/mol. The van der Waals surface area contributed by atoms with Gasteiger partial charge in [0.25, 0.3) is 0 Å². The van der Waals surface area contributed by atoms with Gasteiger partial charge >= 0.3 is 0 Å². The maximum absolute atomic E-state index is 13.1. The van der Waals surface area contributed by atoms with Crippen LogP contribution in [0.2, 0.25) is 0 Å². The highest BCUT2D eigenvalue weighted by molar-refractivity contribution is 5.94. The van der Waals surface area contributed by atoms with Gasteiger partial charge in [-0.25, -0.2) is 4.39 Å². The Hall–Kier alpha value is -2.56.